The Morgan fingerprint density at radius 2 is 1.85 bits per heavy atom. The molecule has 0 unspecified atom stereocenters. The van der Waals surface area contributed by atoms with Crippen LogP contribution >= 0.6 is 0 Å². The number of rotatable bonds is 2. The number of hydrogen-bond acceptors (Lipinski definition) is 4. The summed E-state index contributed by atoms with van der Waals surface area (Å²) < 4.78 is 5.74. The van der Waals surface area contributed by atoms with Gasteiger partial charge in [-0.1, -0.05) is 6.07 Å². The lowest BCUT2D eigenvalue weighted by Gasteiger charge is -1.94. The Morgan fingerprint density at radius 1 is 1.15 bits per heavy atom. The highest BCUT2D eigenvalue weighted by atomic mass is 16.6. The summed E-state index contributed by atoms with van der Waals surface area (Å²) in [6, 6.07) is 10.2. The van der Waals surface area contributed by atoms with Crippen LogP contribution in [0.2, 0.25) is 0 Å². The molecule has 0 bridgehead atoms. The largest absolute Gasteiger partial charge is 0.436 e. The fourth-order valence-electron chi connectivity index (χ4n) is 2.22. The molecular weight excluding hydrogens is 256 g/mol. The van der Waals surface area contributed by atoms with Gasteiger partial charge in [0, 0.05) is 17.7 Å². The molecule has 2 aromatic carbocycles. The summed E-state index contributed by atoms with van der Waals surface area (Å²) in [4.78, 5) is 14.7. The van der Waals surface area contributed by atoms with Gasteiger partial charge >= 0.3 is 0 Å². The maximum atomic E-state index is 10.6. The molecule has 3 aromatic rings. The minimum absolute atomic E-state index is 0.0527. The van der Waals surface area contributed by atoms with E-state index < -0.39 is 4.92 Å². The van der Waals surface area contributed by atoms with Crippen LogP contribution in [0.3, 0.4) is 0 Å². The monoisotopic (exact) mass is 268 g/mol. The number of aryl methyl sites for hydroxylation is 2. The van der Waals surface area contributed by atoms with E-state index in [9.17, 15) is 10.1 Å². The Morgan fingerprint density at radius 3 is 2.50 bits per heavy atom. The molecule has 20 heavy (non-hydrogen) atoms. The molecule has 5 nitrogen and oxygen atoms in total. The molecule has 0 fully saturated rings. The van der Waals surface area contributed by atoms with Crippen molar-refractivity contribution in [1.82, 2.24) is 4.98 Å². The zero-order valence-corrected chi connectivity index (χ0v) is 11.1. The summed E-state index contributed by atoms with van der Waals surface area (Å²) in [5, 5.41) is 10.6. The second kappa shape index (κ2) is 4.45. The third-order valence-electron chi connectivity index (χ3n) is 3.15. The first-order chi connectivity index (χ1) is 9.54. The van der Waals surface area contributed by atoms with Gasteiger partial charge in [-0.05, 0) is 43.2 Å². The number of oxazole rings is 1. The summed E-state index contributed by atoms with van der Waals surface area (Å²) >= 11 is 0. The van der Waals surface area contributed by atoms with Gasteiger partial charge in [-0.15, -0.1) is 0 Å². The van der Waals surface area contributed by atoms with E-state index in [0.717, 1.165) is 27.8 Å². The molecule has 100 valence electrons. The van der Waals surface area contributed by atoms with E-state index in [1.54, 1.807) is 12.1 Å². The SMILES string of the molecule is Cc1cc(C)c2nc(-c3ccc([N+](=O)[O-])cc3)oc2c1. The smallest absolute Gasteiger partial charge is 0.269 e. The van der Waals surface area contributed by atoms with E-state index >= 15 is 0 Å². The van der Waals surface area contributed by atoms with Gasteiger partial charge in [-0.25, -0.2) is 4.98 Å². The van der Waals surface area contributed by atoms with Crippen molar-refractivity contribution >= 4 is 16.8 Å². The van der Waals surface area contributed by atoms with Crippen molar-refractivity contribution in [3.63, 3.8) is 0 Å². The first-order valence-corrected chi connectivity index (χ1v) is 6.17. The lowest BCUT2D eigenvalue weighted by atomic mass is 10.1. The lowest BCUT2D eigenvalue weighted by Crippen LogP contribution is -1.87. The van der Waals surface area contributed by atoms with Crippen LogP contribution in [0.5, 0.6) is 0 Å². The molecule has 5 heteroatoms. The highest BCUT2D eigenvalue weighted by molar-refractivity contribution is 5.80. The topological polar surface area (TPSA) is 69.2 Å². The number of nitrogens with zero attached hydrogens (tertiary/aromatic N) is 2. The van der Waals surface area contributed by atoms with Gasteiger partial charge in [-0.3, -0.25) is 10.1 Å². The molecule has 0 radical (unpaired) electrons. The number of benzene rings is 2. The predicted molar refractivity (Wildman–Crippen MR) is 75.6 cm³/mol. The summed E-state index contributed by atoms with van der Waals surface area (Å²) in [7, 11) is 0. The molecule has 0 aliphatic rings. The fraction of sp³-hybridized carbons (Fsp3) is 0.133. The van der Waals surface area contributed by atoms with E-state index in [1.807, 2.05) is 26.0 Å². The number of nitro groups is 1. The normalized spacial score (nSPS) is 10.9. The van der Waals surface area contributed by atoms with Crippen LogP contribution in [-0.4, -0.2) is 9.91 Å². The number of hydrogen-bond donors (Lipinski definition) is 0. The van der Waals surface area contributed by atoms with E-state index in [-0.39, 0.29) is 5.69 Å². The molecule has 0 amide bonds. The maximum absolute atomic E-state index is 10.6. The van der Waals surface area contributed by atoms with Gasteiger partial charge in [0.15, 0.2) is 5.58 Å². The van der Waals surface area contributed by atoms with Crippen LogP contribution in [0, 0.1) is 24.0 Å². The Bertz CT molecular complexity index is 804. The van der Waals surface area contributed by atoms with Crippen molar-refractivity contribution in [1.29, 1.82) is 0 Å². The van der Waals surface area contributed by atoms with Crippen LogP contribution in [0.25, 0.3) is 22.6 Å². The zero-order valence-electron chi connectivity index (χ0n) is 11.1. The highest BCUT2D eigenvalue weighted by Crippen LogP contribution is 2.28. The number of aromatic nitrogens is 1. The highest BCUT2D eigenvalue weighted by Gasteiger charge is 2.12. The summed E-state index contributed by atoms with van der Waals surface area (Å²) in [5.41, 5.74) is 4.50. The first kappa shape index (κ1) is 12.3. The summed E-state index contributed by atoms with van der Waals surface area (Å²) in [6.07, 6.45) is 0. The number of fused-ring (bicyclic) bond motifs is 1. The fourth-order valence-corrected chi connectivity index (χ4v) is 2.22. The molecule has 1 heterocycles. The lowest BCUT2D eigenvalue weighted by molar-refractivity contribution is -0.384. The zero-order chi connectivity index (χ0) is 14.3. The van der Waals surface area contributed by atoms with Crippen LogP contribution in [0.4, 0.5) is 5.69 Å². The first-order valence-electron chi connectivity index (χ1n) is 6.17. The second-order valence-corrected chi connectivity index (χ2v) is 4.75. The van der Waals surface area contributed by atoms with E-state index in [1.165, 1.54) is 12.1 Å². The predicted octanol–water partition coefficient (Wildman–Crippen LogP) is 4.02. The Balaban J connectivity index is 2.10. The molecule has 0 aliphatic heterocycles. The molecule has 0 N–H and O–H groups in total. The van der Waals surface area contributed by atoms with Crippen molar-refractivity contribution in [2.45, 2.75) is 13.8 Å². The molecule has 0 spiro atoms. The Kier molecular flexibility index (Phi) is 2.75. The minimum atomic E-state index is -0.427. The van der Waals surface area contributed by atoms with Gasteiger partial charge in [-0.2, -0.15) is 0 Å². The summed E-state index contributed by atoms with van der Waals surface area (Å²) in [5.74, 6) is 0.476. The maximum Gasteiger partial charge on any atom is 0.269 e. The molecule has 0 atom stereocenters. The summed E-state index contributed by atoms with van der Waals surface area (Å²) in [6.45, 7) is 3.98. The van der Waals surface area contributed by atoms with Crippen LogP contribution in [0.15, 0.2) is 40.8 Å². The average Bonchev–Trinajstić information content (AvgIpc) is 2.83. The Labute approximate surface area is 115 Å². The minimum Gasteiger partial charge on any atom is -0.436 e. The van der Waals surface area contributed by atoms with Gasteiger partial charge in [0.1, 0.15) is 5.52 Å². The van der Waals surface area contributed by atoms with E-state index in [4.69, 9.17) is 4.42 Å². The average molecular weight is 268 g/mol. The Hall–Kier alpha value is -2.69. The number of nitro benzene ring substituents is 1. The van der Waals surface area contributed by atoms with Crippen LogP contribution in [0.1, 0.15) is 11.1 Å². The van der Waals surface area contributed by atoms with E-state index in [0.29, 0.717) is 5.89 Å². The third kappa shape index (κ3) is 2.03. The molecule has 1 aromatic heterocycles. The van der Waals surface area contributed by atoms with Crippen molar-refractivity contribution in [2.24, 2.45) is 0 Å². The molecule has 3 rings (SSSR count). The van der Waals surface area contributed by atoms with Crippen molar-refractivity contribution in [3.8, 4) is 11.5 Å². The third-order valence-corrected chi connectivity index (χ3v) is 3.15. The quantitative estimate of drug-likeness (QED) is 0.520. The van der Waals surface area contributed by atoms with Crippen LogP contribution in [-0.2, 0) is 0 Å². The molecule has 0 saturated heterocycles. The standard InChI is InChI=1S/C15H12N2O3/c1-9-7-10(2)14-13(8-9)20-15(16-14)11-3-5-12(6-4-11)17(18)19/h3-8H,1-2H3. The van der Waals surface area contributed by atoms with Crippen molar-refractivity contribution in [2.75, 3.05) is 0 Å². The van der Waals surface area contributed by atoms with Gasteiger partial charge in [0.2, 0.25) is 5.89 Å². The molecule has 0 saturated carbocycles. The van der Waals surface area contributed by atoms with Gasteiger partial charge in [0.05, 0.1) is 4.92 Å². The van der Waals surface area contributed by atoms with Crippen molar-refractivity contribution in [3.05, 3.63) is 57.6 Å². The second-order valence-electron chi connectivity index (χ2n) is 4.75. The number of non-ortho nitro benzene ring substituents is 1. The molecular formula is C15H12N2O3. The van der Waals surface area contributed by atoms with Gasteiger partial charge in [0.25, 0.3) is 5.69 Å². The van der Waals surface area contributed by atoms with Crippen LogP contribution < -0.4 is 0 Å². The van der Waals surface area contributed by atoms with E-state index in [2.05, 4.69) is 4.98 Å². The molecule has 0 aliphatic carbocycles. The van der Waals surface area contributed by atoms with Crippen molar-refractivity contribution < 1.29 is 9.34 Å². The van der Waals surface area contributed by atoms with Gasteiger partial charge < -0.3 is 4.42 Å².